The Bertz CT molecular complexity index is 339. The number of hydrogen-bond donors (Lipinski definition) is 0. The van der Waals surface area contributed by atoms with Gasteiger partial charge in [-0.1, -0.05) is 34.7 Å². The summed E-state index contributed by atoms with van der Waals surface area (Å²) in [6, 6.07) is 0. The minimum atomic E-state index is -0.561. The van der Waals surface area contributed by atoms with Crippen molar-refractivity contribution in [2.45, 2.75) is 35.7 Å². The van der Waals surface area contributed by atoms with Gasteiger partial charge in [-0.3, -0.25) is 4.79 Å². The van der Waals surface area contributed by atoms with Crippen molar-refractivity contribution in [2.24, 2.45) is 5.41 Å². The van der Waals surface area contributed by atoms with Gasteiger partial charge in [-0.2, -0.15) is 0 Å². The molecule has 0 saturated carbocycles. The van der Waals surface area contributed by atoms with Crippen molar-refractivity contribution < 1.29 is 14.3 Å². The predicted molar refractivity (Wildman–Crippen MR) is 63.8 cm³/mol. The minimum absolute atomic E-state index is 0.125. The molecule has 0 spiro atoms. The van der Waals surface area contributed by atoms with Crippen LogP contribution in [-0.2, 0) is 14.3 Å². The van der Waals surface area contributed by atoms with E-state index >= 15 is 0 Å². The first-order valence-electron chi connectivity index (χ1n) is 5.04. The Morgan fingerprint density at radius 1 is 1.73 bits per heavy atom. The molecule has 1 heterocycles. The zero-order chi connectivity index (χ0) is 11.1. The highest BCUT2D eigenvalue weighted by Crippen LogP contribution is 2.53. The predicted octanol–water partition coefficient (Wildman–Crippen LogP) is 2.03. The summed E-state index contributed by atoms with van der Waals surface area (Å²) in [5.41, 5.74) is -0.941. The molecule has 4 heteroatoms. The third-order valence-electron chi connectivity index (χ3n) is 3.31. The standard InChI is InChI=1S/C11H13IO3/c1-10-4-2-5-11(8(10)12,6-3-7-13)9(14)15-10/h2,5,7-8H,3-4,6H2,1H3/t8?,10-,11-/m1/s1. The zero-order valence-electron chi connectivity index (χ0n) is 8.53. The van der Waals surface area contributed by atoms with Crippen LogP contribution in [0.1, 0.15) is 26.2 Å². The molecule has 82 valence electrons. The number of hydrogen-bond acceptors (Lipinski definition) is 3. The van der Waals surface area contributed by atoms with E-state index in [0.717, 1.165) is 12.7 Å². The number of alkyl halides is 1. The lowest BCUT2D eigenvalue weighted by Gasteiger charge is -2.33. The molecule has 1 aliphatic heterocycles. The summed E-state index contributed by atoms with van der Waals surface area (Å²) in [7, 11) is 0. The fourth-order valence-electron chi connectivity index (χ4n) is 2.42. The number of ether oxygens (including phenoxy) is 1. The second kappa shape index (κ2) is 3.57. The molecule has 2 bridgehead atoms. The van der Waals surface area contributed by atoms with E-state index in [1.165, 1.54) is 0 Å². The zero-order valence-corrected chi connectivity index (χ0v) is 10.7. The highest BCUT2D eigenvalue weighted by Gasteiger charge is 2.61. The van der Waals surface area contributed by atoms with Crippen molar-refractivity contribution >= 4 is 34.8 Å². The number of halogens is 1. The Morgan fingerprint density at radius 2 is 2.47 bits per heavy atom. The molecule has 1 unspecified atom stereocenters. The molecule has 0 N–H and O–H groups in total. The number of fused-ring (bicyclic) bond motifs is 2. The molecular formula is C11H13IO3. The molecule has 0 amide bonds. The first kappa shape index (κ1) is 11.1. The fourth-order valence-corrected chi connectivity index (χ4v) is 3.57. The highest BCUT2D eigenvalue weighted by atomic mass is 127. The second-order valence-electron chi connectivity index (χ2n) is 4.42. The van der Waals surface area contributed by atoms with Crippen LogP contribution in [0.15, 0.2) is 12.2 Å². The lowest BCUT2D eigenvalue weighted by molar-refractivity contribution is -0.151. The maximum Gasteiger partial charge on any atom is 0.317 e. The van der Waals surface area contributed by atoms with Crippen LogP contribution < -0.4 is 0 Å². The molecule has 1 fully saturated rings. The monoisotopic (exact) mass is 320 g/mol. The van der Waals surface area contributed by atoms with Gasteiger partial charge >= 0.3 is 5.97 Å². The van der Waals surface area contributed by atoms with Crippen molar-refractivity contribution in [3.8, 4) is 0 Å². The first-order valence-corrected chi connectivity index (χ1v) is 6.28. The Kier molecular flexibility index (Phi) is 2.65. The molecule has 0 aromatic carbocycles. The highest BCUT2D eigenvalue weighted by molar-refractivity contribution is 14.1. The summed E-state index contributed by atoms with van der Waals surface area (Å²) in [6.07, 6.45) is 6.55. The summed E-state index contributed by atoms with van der Waals surface area (Å²) < 4.78 is 5.59. The summed E-state index contributed by atoms with van der Waals surface area (Å²) in [5.74, 6) is -0.167. The number of aldehydes is 1. The van der Waals surface area contributed by atoms with Gasteiger partial charge in [0.25, 0.3) is 0 Å². The topological polar surface area (TPSA) is 43.4 Å². The van der Waals surface area contributed by atoms with E-state index in [1.54, 1.807) is 0 Å². The third-order valence-corrected chi connectivity index (χ3v) is 5.74. The fraction of sp³-hybridized carbons (Fsp3) is 0.636. The molecule has 3 atom stereocenters. The molecule has 3 nitrogen and oxygen atoms in total. The molecule has 2 aliphatic rings. The van der Waals surface area contributed by atoms with Gasteiger partial charge < -0.3 is 9.53 Å². The van der Waals surface area contributed by atoms with Gasteiger partial charge in [0.15, 0.2) is 0 Å². The van der Waals surface area contributed by atoms with Crippen LogP contribution in [-0.4, -0.2) is 21.8 Å². The summed E-state index contributed by atoms with van der Waals surface area (Å²) in [5, 5.41) is 0. The molecule has 2 rings (SSSR count). The lowest BCUT2D eigenvalue weighted by atomic mass is 9.73. The van der Waals surface area contributed by atoms with E-state index in [-0.39, 0.29) is 15.5 Å². The average Bonchev–Trinajstić information content (AvgIpc) is 2.33. The van der Waals surface area contributed by atoms with Gasteiger partial charge in [0.1, 0.15) is 17.3 Å². The van der Waals surface area contributed by atoms with Gasteiger partial charge in [-0.25, -0.2) is 0 Å². The molecule has 1 saturated heterocycles. The van der Waals surface area contributed by atoms with E-state index in [4.69, 9.17) is 4.74 Å². The van der Waals surface area contributed by atoms with Crippen LogP contribution in [0.5, 0.6) is 0 Å². The number of carbonyl (C=O) groups is 2. The van der Waals surface area contributed by atoms with Crippen molar-refractivity contribution in [3.63, 3.8) is 0 Å². The Labute approximate surface area is 102 Å². The quantitative estimate of drug-likeness (QED) is 0.263. The third kappa shape index (κ3) is 1.45. The van der Waals surface area contributed by atoms with Crippen LogP contribution in [0.25, 0.3) is 0 Å². The molecule has 15 heavy (non-hydrogen) atoms. The molecule has 0 aromatic heterocycles. The Hall–Kier alpha value is -0.390. The smallest absolute Gasteiger partial charge is 0.317 e. The summed E-state index contributed by atoms with van der Waals surface area (Å²) in [6.45, 7) is 1.97. The van der Waals surface area contributed by atoms with Crippen molar-refractivity contribution in [3.05, 3.63) is 12.2 Å². The molecule has 0 aromatic rings. The van der Waals surface area contributed by atoms with Gasteiger partial charge in [0.05, 0.1) is 3.92 Å². The van der Waals surface area contributed by atoms with Crippen molar-refractivity contribution in [1.82, 2.24) is 0 Å². The number of rotatable bonds is 3. The SMILES string of the molecule is C[C@]12CC=C[C@](CCC=O)(C(=O)O1)C2I. The molecule has 1 aliphatic carbocycles. The number of esters is 1. The maximum absolute atomic E-state index is 11.9. The van der Waals surface area contributed by atoms with Crippen LogP contribution >= 0.6 is 22.6 Å². The lowest BCUT2D eigenvalue weighted by Crippen LogP contribution is -2.41. The van der Waals surface area contributed by atoms with Crippen LogP contribution in [0.4, 0.5) is 0 Å². The van der Waals surface area contributed by atoms with Crippen LogP contribution in [0, 0.1) is 5.41 Å². The van der Waals surface area contributed by atoms with Crippen LogP contribution in [0.3, 0.4) is 0 Å². The molecular weight excluding hydrogens is 307 g/mol. The minimum Gasteiger partial charge on any atom is -0.457 e. The normalized spacial score (nSPS) is 42.8. The van der Waals surface area contributed by atoms with Gasteiger partial charge in [0.2, 0.25) is 0 Å². The van der Waals surface area contributed by atoms with Gasteiger partial charge in [-0.15, -0.1) is 0 Å². The van der Waals surface area contributed by atoms with E-state index in [2.05, 4.69) is 22.6 Å². The summed E-state index contributed by atoms with van der Waals surface area (Å²) in [4.78, 5) is 22.3. The van der Waals surface area contributed by atoms with E-state index < -0.39 is 5.41 Å². The van der Waals surface area contributed by atoms with E-state index in [1.807, 2.05) is 19.1 Å². The van der Waals surface area contributed by atoms with E-state index in [0.29, 0.717) is 12.8 Å². The maximum atomic E-state index is 11.9. The second-order valence-corrected chi connectivity index (χ2v) is 5.66. The van der Waals surface area contributed by atoms with Crippen LogP contribution in [0.2, 0.25) is 0 Å². The Balaban J connectivity index is 2.35. The molecule has 0 radical (unpaired) electrons. The summed E-state index contributed by atoms with van der Waals surface area (Å²) >= 11 is 2.28. The first-order chi connectivity index (χ1) is 7.05. The average molecular weight is 320 g/mol. The Morgan fingerprint density at radius 3 is 3.13 bits per heavy atom. The van der Waals surface area contributed by atoms with E-state index in [9.17, 15) is 9.59 Å². The van der Waals surface area contributed by atoms with Gasteiger partial charge in [-0.05, 0) is 13.3 Å². The number of carbonyl (C=O) groups excluding carboxylic acids is 2. The van der Waals surface area contributed by atoms with Crippen molar-refractivity contribution in [1.29, 1.82) is 0 Å². The van der Waals surface area contributed by atoms with Gasteiger partial charge in [0, 0.05) is 12.8 Å². The van der Waals surface area contributed by atoms with Crippen molar-refractivity contribution in [2.75, 3.05) is 0 Å². The largest absolute Gasteiger partial charge is 0.457 e.